The molecule has 3 nitrogen and oxygen atoms in total. The molecule has 2 rings (SSSR count). The maximum absolute atomic E-state index is 6.23. The Balaban J connectivity index is 2.11. The third-order valence-electron chi connectivity index (χ3n) is 4.15. The summed E-state index contributed by atoms with van der Waals surface area (Å²) in [5, 5.41) is 4.08. The van der Waals surface area contributed by atoms with Gasteiger partial charge in [0.2, 0.25) is 0 Å². The van der Waals surface area contributed by atoms with Gasteiger partial charge in [0, 0.05) is 25.8 Å². The van der Waals surface area contributed by atoms with E-state index in [4.69, 9.17) is 11.6 Å². The van der Waals surface area contributed by atoms with E-state index < -0.39 is 0 Å². The lowest BCUT2D eigenvalue weighted by Crippen LogP contribution is -2.26. The number of anilines is 1. The molecule has 0 atom stereocenters. The second kappa shape index (κ2) is 6.77. The minimum atomic E-state index is 0.452. The van der Waals surface area contributed by atoms with Crippen molar-refractivity contribution in [1.29, 1.82) is 0 Å². The Morgan fingerprint density at radius 2 is 2.15 bits per heavy atom. The fourth-order valence-electron chi connectivity index (χ4n) is 2.69. The van der Waals surface area contributed by atoms with Crippen LogP contribution in [0.5, 0.6) is 0 Å². The predicted octanol–water partition coefficient (Wildman–Crippen LogP) is 3.86. The summed E-state index contributed by atoms with van der Waals surface area (Å²) < 4.78 is 0. The molecule has 1 aliphatic rings. The smallest absolute Gasteiger partial charge is 0.128 e. The molecule has 1 aliphatic heterocycles. The van der Waals surface area contributed by atoms with Crippen LogP contribution < -0.4 is 10.2 Å². The topological polar surface area (TPSA) is 28.2 Å². The number of aromatic nitrogens is 1. The van der Waals surface area contributed by atoms with Crippen LogP contribution in [0.1, 0.15) is 45.6 Å². The Hall–Kier alpha value is -0.800. The van der Waals surface area contributed by atoms with Crippen molar-refractivity contribution in [2.75, 3.05) is 24.5 Å². The summed E-state index contributed by atoms with van der Waals surface area (Å²) >= 11 is 6.23. The summed E-state index contributed by atoms with van der Waals surface area (Å²) in [5.41, 5.74) is 1.59. The van der Waals surface area contributed by atoms with E-state index in [1.54, 1.807) is 6.20 Å². The molecule has 20 heavy (non-hydrogen) atoms. The van der Waals surface area contributed by atoms with Gasteiger partial charge in [0.05, 0.1) is 5.02 Å². The second-order valence-corrected chi connectivity index (χ2v) is 6.83. The molecule has 0 saturated carbocycles. The average molecular weight is 296 g/mol. The van der Waals surface area contributed by atoms with E-state index >= 15 is 0 Å². The highest BCUT2D eigenvalue weighted by Gasteiger charge is 2.23. The SMILES string of the molecule is CCNCc1cc(N2CCCC(C)(C)CC2)ncc1Cl. The highest BCUT2D eigenvalue weighted by atomic mass is 35.5. The van der Waals surface area contributed by atoms with Crippen LogP contribution in [0, 0.1) is 5.41 Å². The van der Waals surface area contributed by atoms with E-state index in [-0.39, 0.29) is 0 Å². The van der Waals surface area contributed by atoms with E-state index in [9.17, 15) is 0 Å². The fraction of sp³-hybridized carbons (Fsp3) is 0.688. The van der Waals surface area contributed by atoms with Gasteiger partial charge in [-0.3, -0.25) is 0 Å². The van der Waals surface area contributed by atoms with E-state index in [2.05, 4.69) is 42.0 Å². The number of hydrogen-bond donors (Lipinski definition) is 1. The van der Waals surface area contributed by atoms with Crippen molar-refractivity contribution in [3.8, 4) is 0 Å². The first-order chi connectivity index (χ1) is 9.52. The number of nitrogens with one attached hydrogen (secondary N) is 1. The van der Waals surface area contributed by atoms with Gasteiger partial charge in [0.25, 0.3) is 0 Å². The first-order valence-electron chi connectivity index (χ1n) is 7.62. The summed E-state index contributed by atoms with van der Waals surface area (Å²) in [5.74, 6) is 1.07. The molecular formula is C16H26ClN3. The third kappa shape index (κ3) is 4.10. The van der Waals surface area contributed by atoms with Crippen LogP contribution in [0.15, 0.2) is 12.3 Å². The van der Waals surface area contributed by atoms with Gasteiger partial charge in [-0.05, 0) is 42.9 Å². The van der Waals surface area contributed by atoms with E-state index in [0.717, 1.165) is 42.6 Å². The van der Waals surface area contributed by atoms with Crippen molar-refractivity contribution in [3.63, 3.8) is 0 Å². The highest BCUT2D eigenvalue weighted by molar-refractivity contribution is 6.31. The van der Waals surface area contributed by atoms with E-state index in [1.165, 1.54) is 19.3 Å². The zero-order valence-electron chi connectivity index (χ0n) is 12.9. The van der Waals surface area contributed by atoms with Gasteiger partial charge in [-0.15, -0.1) is 0 Å². The molecule has 1 saturated heterocycles. The highest BCUT2D eigenvalue weighted by Crippen LogP contribution is 2.31. The average Bonchev–Trinajstić information content (AvgIpc) is 2.59. The van der Waals surface area contributed by atoms with Crippen molar-refractivity contribution in [1.82, 2.24) is 10.3 Å². The van der Waals surface area contributed by atoms with Gasteiger partial charge in [0.15, 0.2) is 0 Å². The Morgan fingerprint density at radius 1 is 1.35 bits per heavy atom. The van der Waals surface area contributed by atoms with Crippen LogP contribution in [0.25, 0.3) is 0 Å². The molecule has 1 N–H and O–H groups in total. The molecule has 1 fully saturated rings. The predicted molar refractivity (Wildman–Crippen MR) is 86.5 cm³/mol. The number of nitrogens with zero attached hydrogens (tertiary/aromatic N) is 2. The lowest BCUT2D eigenvalue weighted by molar-refractivity contribution is 0.325. The molecule has 1 aromatic heterocycles. The van der Waals surface area contributed by atoms with Crippen LogP contribution in [0.4, 0.5) is 5.82 Å². The van der Waals surface area contributed by atoms with Crippen molar-refractivity contribution in [2.45, 2.75) is 46.6 Å². The molecule has 0 amide bonds. The van der Waals surface area contributed by atoms with Crippen molar-refractivity contribution >= 4 is 17.4 Å². The van der Waals surface area contributed by atoms with Crippen LogP contribution in [-0.4, -0.2) is 24.6 Å². The van der Waals surface area contributed by atoms with E-state index in [0.29, 0.717) is 5.41 Å². The molecule has 0 bridgehead atoms. The summed E-state index contributed by atoms with van der Waals surface area (Å²) in [7, 11) is 0. The molecule has 0 unspecified atom stereocenters. The van der Waals surface area contributed by atoms with Crippen LogP contribution in [-0.2, 0) is 6.54 Å². The van der Waals surface area contributed by atoms with E-state index in [1.807, 2.05) is 0 Å². The zero-order valence-corrected chi connectivity index (χ0v) is 13.6. The van der Waals surface area contributed by atoms with Gasteiger partial charge in [0.1, 0.15) is 5.82 Å². The molecule has 0 aromatic carbocycles. The number of hydrogen-bond acceptors (Lipinski definition) is 3. The minimum absolute atomic E-state index is 0.452. The molecule has 2 heterocycles. The van der Waals surface area contributed by atoms with Crippen LogP contribution >= 0.6 is 11.6 Å². The molecular weight excluding hydrogens is 270 g/mol. The Bertz CT molecular complexity index is 445. The molecule has 0 radical (unpaired) electrons. The molecule has 0 aliphatic carbocycles. The number of rotatable bonds is 4. The normalized spacial score (nSPS) is 18.9. The minimum Gasteiger partial charge on any atom is -0.357 e. The monoisotopic (exact) mass is 295 g/mol. The molecule has 1 aromatic rings. The zero-order chi connectivity index (χ0) is 14.6. The lowest BCUT2D eigenvalue weighted by Gasteiger charge is -2.24. The summed E-state index contributed by atoms with van der Waals surface area (Å²) in [6, 6.07) is 2.14. The maximum atomic E-state index is 6.23. The van der Waals surface area contributed by atoms with Gasteiger partial charge in [-0.1, -0.05) is 32.4 Å². The fourth-order valence-corrected chi connectivity index (χ4v) is 2.86. The molecule has 4 heteroatoms. The van der Waals surface area contributed by atoms with Crippen LogP contribution in [0.2, 0.25) is 5.02 Å². The third-order valence-corrected chi connectivity index (χ3v) is 4.49. The standard InChI is InChI=1S/C16H26ClN3/c1-4-18-11-13-10-15(19-12-14(13)17)20-8-5-6-16(2,3)7-9-20/h10,12,18H,4-9,11H2,1-3H3. The van der Waals surface area contributed by atoms with Gasteiger partial charge < -0.3 is 10.2 Å². The second-order valence-electron chi connectivity index (χ2n) is 6.42. The van der Waals surface area contributed by atoms with Crippen molar-refractivity contribution in [3.05, 3.63) is 22.8 Å². The van der Waals surface area contributed by atoms with Gasteiger partial charge >= 0.3 is 0 Å². The maximum Gasteiger partial charge on any atom is 0.128 e. The van der Waals surface area contributed by atoms with Gasteiger partial charge in [-0.25, -0.2) is 4.98 Å². The molecule has 0 spiro atoms. The lowest BCUT2D eigenvalue weighted by atomic mass is 9.85. The van der Waals surface area contributed by atoms with Crippen LogP contribution in [0.3, 0.4) is 0 Å². The summed E-state index contributed by atoms with van der Waals surface area (Å²) in [4.78, 5) is 6.93. The summed E-state index contributed by atoms with van der Waals surface area (Å²) in [6.07, 6.45) is 5.54. The molecule has 112 valence electrons. The van der Waals surface area contributed by atoms with Crippen molar-refractivity contribution < 1.29 is 0 Å². The largest absolute Gasteiger partial charge is 0.357 e. The Kier molecular flexibility index (Phi) is 5.28. The Morgan fingerprint density at radius 3 is 2.90 bits per heavy atom. The first kappa shape index (κ1) is 15.6. The first-order valence-corrected chi connectivity index (χ1v) is 8.00. The number of pyridine rings is 1. The summed E-state index contributed by atoms with van der Waals surface area (Å²) in [6.45, 7) is 10.8. The van der Waals surface area contributed by atoms with Crippen molar-refractivity contribution in [2.24, 2.45) is 5.41 Å². The Labute approximate surface area is 127 Å². The van der Waals surface area contributed by atoms with Gasteiger partial charge in [-0.2, -0.15) is 0 Å². The quantitative estimate of drug-likeness (QED) is 0.914. The number of halogens is 1.